The molecule has 13 heteroatoms. The average Bonchev–Trinajstić information content (AvgIpc) is 3.19. The summed E-state index contributed by atoms with van der Waals surface area (Å²) >= 11 is 6.41. The maximum atomic E-state index is 13.6. The minimum atomic E-state index is -3.98. The zero-order valence-corrected chi connectivity index (χ0v) is 34.1. The SMILES string of the molecule is CO[C@@]1(CN2CCN([C@@H]3CCOC(=O)C3)CC2)/C=C/C[C@H](C)[C@@H](C)S(=O)(=O)NC(=O)c2ccc3c(c2)N(CCCCc2cc(Cl)ccc2CO3)C[C@@H]2CC[C@H]21. The molecule has 0 unspecified atom stereocenters. The van der Waals surface area contributed by atoms with Gasteiger partial charge in [-0.1, -0.05) is 36.7 Å². The summed E-state index contributed by atoms with van der Waals surface area (Å²) < 4.78 is 48.0. The first kappa shape index (κ1) is 40.1. The Labute approximate surface area is 331 Å². The van der Waals surface area contributed by atoms with Crippen molar-refractivity contribution in [2.24, 2.45) is 17.8 Å². The van der Waals surface area contributed by atoms with Gasteiger partial charge < -0.3 is 19.1 Å². The highest BCUT2D eigenvalue weighted by molar-refractivity contribution is 7.90. The van der Waals surface area contributed by atoms with Gasteiger partial charge in [0, 0.05) is 69.6 Å². The molecule has 7 rings (SSSR count). The van der Waals surface area contributed by atoms with Gasteiger partial charge in [-0.3, -0.25) is 19.4 Å². The Hall–Kier alpha value is -3.16. The number of rotatable bonds is 4. The van der Waals surface area contributed by atoms with E-state index in [0.29, 0.717) is 42.7 Å². The Balaban J connectivity index is 1.20. The Morgan fingerprint density at radius 2 is 1.78 bits per heavy atom. The number of cyclic esters (lactones) is 1. The van der Waals surface area contributed by atoms with E-state index >= 15 is 0 Å². The van der Waals surface area contributed by atoms with E-state index in [0.717, 1.165) is 95.6 Å². The molecule has 2 aromatic rings. The van der Waals surface area contributed by atoms with E-state index in [1.54, 1.807) is 13.0 Å². The van der Waals surface area contributed by atoms with Gasteiger partial charge in [-0.2, -0.15) is 0 Å². The van der Waals surface area contributed by atoms with Gasteiger partial charge in [0.25, 0.3) is 5.91 Å². The third kappa shape index (κ3) is 9.04. The summed E-state index contributed by atoms with van der Waals surface area (Å²) in [5.41, 5.74) is 2.75. The second-order valence-electron chi connectivity index (χ2n) is 16.4. The maximum Gasteiger partial charge on any atom is 0.307 e. The van der Waals surface area contributed by atoms with Crippen LogP contribution in [0.1, 0.15) is 80.3 Å². The minimum absolute atomic E-state index is 0.106. The quantitative estimate of drug-likeness (QED) is 0.299. The molecule has 4 aliphatic heterocycles. The highest BCUT2D eigenvalue weighted by Gasteiger charge is 2.48. The molecule has 1 saturated carbocycles. The molecular formula is C42H57ClN4O7S. The van der Waals surface area contributed by atoms with Crippen LogP contribution in [0.25, 0.3) is 0 Å². The van der Waals surface area contributed by atoms with E-state index in [-0.39, 0.29) is 29.4 Å². The highest BCUT2D eigenvalue weighted by Crippen LogP contribution is 2.47. The molecule has 0 spiro atoms. The van der Waals surface area contributed by atoms with Crippen LogP contribution in [0.5, 0.6) is 5.75 Å². The number of methoxy groups -OCH3 is 1. The fourth-order valence-corrected chi connectivity index (χ4v) is 10.7. The average molecular weight is 797 g/mol. The minimum Gasteiger partial charge on any atom is -0.487 e. The van der Waals surface area contributed by atoms with Gasteiger partial charge >= 0.3 is 5.97 Å². The molecule has 55 heavy (non-hydrogen) atoms. The fraction of sp³-hybridized carbons (Fsp3) is 0.619. The van der Waals surface area contributed by atoms with Crippen LogP contribution in [0.4, 0.5) is 5.69 Å². The van der Waals surface area contributed by atoms with E-state index in [1.165, 1.54) is 5.56 Å². The lowest BCUT2D eigenvalue weighted by molar-refractivity contribution is -0.150. The van der Waals surface area contributed by atoms with Crippen molar-refractivity contribution in [1.82, 2.24) is 14.5 Å². The van der Waals surface area contributed by atoms with Crippen molar-refractivity contribution in [1.29, 1.82) is 0 Å². The lowest BCUT2D eigenvalue weighted by Crippen LogP contribution is -2.59. The number of allylic oxidation sites excluding steroid dienone is 1. The number of fused-ring (bicyclic) bond motifs is 3. The van der Waals surface area contributed by atoms with E-state index < -0.39 is 26.8 Å². The number of piperazine rings is 1. The van der Waals surface area contributed by atoms with Gasteiger partial charge in [0.1, 0.15) is 18.0 Å². The van der Waals surface area contributed by atoms with Gasteiger partial charge in [-0.05, 0) is 111 Å². The Bertz CT molecular complexity index is 1850. The summed E-state index contributed by atoms with van der Waals surface area (Å²) in [5, 5.41) is -0.0976. The molecule has 300 valence electrons. The van der Waals surface area contributed by atoms with Crippen molar-refractivity contribution in [2.75, 3.05) is 64.4 Å². The van der Waals surface area contributed by atoms with Gasteiger partial charge in [0.05, 0.1) is 24.0 Å². The van der Waals surface area contributed by atoms with E-state index in [2.05, 4.69) is 31.6 Å². The van der Waals surface area contributed by atoms with Crippen LogP contribution in [-0.4, -0.2) is 107 Å². The Kier molecular flexibility index (Phi) is 12.5. The summed E-state index contributed by atoms with van der Waals surface area (Å²) in [6.07, 6.45) is 11.0. The highest BCUT2D eigenvalue weighted by atomic mass is 35.5. The number of esters is 1. The first-order valence-corrected chi connectivity index (χ1v) is 22.1. The predicted octanol–water partition coefficient (Wildman–Crippen LogP) is 5.84. The normalized spacial score (nSPS) is 31.6. The Morgan fingerprint density at radius 1 is 0.964 bits per heavy atom. The molecule has 5 aliphatic rings. The number of carbonyl (C=O) groups is 2. The molecule has 2 saturated heterocycles. The molecule has 11 nitrogen and oxygen atoms in total. The number of anilines is 1. The van der Waals surface area contributed by atoms with Crippen molar-refractivity contribution in [3.63, 3.8) is 0 Å². The van der Waals surface area contributed by atoms with Gasteiger partial charge in [-0.25, -0.2) is 13.1 Å². The van der Waals surface area contributed by atoms with Crippen molar-refractivity contribution >= 4 is 39.2 Å². The van der Waals surface area contributed by atoms with Crippen LogP contribution in [-0.2, 0) is 37.3 Å². The molecule has 2 bridgehead atoms. The molecule has 2 aromatic carbocycles. The van der Waals surface area contributed by atoms with Gasteiger partial charge in [0.15, 0.2) is 0 Å². The number of nitrogens with one attached hydrogen (secondary N) is 1. The van der Waals surface area contributed by atoms with Crippen LogP contribution < -0.4 is 14.4 Å². The summed E-state index contributed by atoms with van der Waals surface area (Å²) in [5.74, 6) is 0.205. The fourth-order valence-electron chi connectivity index (χ4n) is 9.24. The number of aryl methyl sites for hydroxylation is 1. The number of amides is 1. The zero-order valence-electron chi connectivity index (χ0n) is 32.5. The van der Waals surface area contributed by atoms with Crippen LogP contribution >= 0.6 is 11.6 Å². The van der Waals surface area contributed by atoms with Crippen LogP contribution in [0.2, 0.25) is 5.02 Å². The number of nitrogens with zero attached hydrogens (tertiary/aromatic N) is 3. The second kappa shape index (κ2) is 17.1. The number of ether oxygens (including phenoxy) is 3. The number of carbonyl (C=O) groups excluding carboxylic acids is 2. The topological polar surface area (TPSA) is 118 Å². The van der Waals surface area contributed by atoms with E-state index in [1.807, 2.05) is 44.4 Å². The zero-order chi connectivity index (χ0) is 38.7. The van der Waals surface area contributed by atoms with Crippen molar-refractivity contribution in [3.8, 4) is 5.75 Å². The molecular weight excluding hydrogens is 740 g/mol. The van der Waals surface area contributed by atoms with Crippen LogP contribution in [0.15, 0.2) is 48.6 Å². The third-order valence-electron chi connectivity index (χ3n) is 13.1. The summed E-state index contributed by atoms with van der Waals surface area (Å²) in [6, 6.07) is 11.5. The summed E-state index contributed by atoms with van der Waals surface area (Å²) in [6.45, 7) is 10.2. The lowest BCUT2D eigenvalue weighted by atomic mass is 9.63. The van der Waals surface area contributed by atoms with Crippen LogP contribution in [0.3, 0.4) is 0 Å². The molecule has 1 N–H and O–H groups in total. The standard InChI is InChI=1S/C42H57ClN4O7S/c1-29-7-6-16-42(52-3,28-45-18-20-46(21-19-45)36-15-22-53-40(48)25-36)37-13-10-33(37)26-47-17-5-4-8-31-23-35(43)12-9-34(31)27-54-39-14-11-32(24-38(39)47)41(49)44-55(50,51)30(29)2/h6,9,11-12,14,16,23-24,29-30,33,36-37H,4-5,7-8,10,13,15,17-22,25-28H2,1-3H3,(H,44,49)/b16-6+/t29-,30+,33-,36+,37+,42+/m0/s1. The predicted molar refractivity (Wildman–Crippen MR) is 214 cm³/mol. The largest absolute Gasteiger partial charge is 0.487 e. The van der Waals surface area contributed by atoms with Crippen molar-refractivity contribution in [2.45, 2.75) is 88.7 Å². The Morgan fingerprint density at radius 3 is 2.53 bits per heavy atom. The maximum absolute atomic E-state index is 13.6. The molecule has 4 heterocycles. The monoisotopic (exact) mass is 796 g/mol. The molecule has 1 amide bonds. The summed E-state index contributed by atoms with van der Waals surface area (Å²) in [7, 11) is -2.16. The van der Waals surface area contributed by atoms with Crippen LogP contribution in [0, 0.1) is 17.8 Å². The smallest absolute Gasteiger partial charge is 0.307 e. The van der Waals surface area contributed by atoms with E-state index in [4.69, 9.17) is 25.8 Å². The molecule has 3 fully saturated rings. The first-order valence-electron chi connectivity index (χ1n) is 20.1. The molecule has 1 aliphatic carbocycles. The van der Waals surface area contributed by atoms with Crippen molar-refractivity contribution in [3.05, 3.63) is 70.3 Å². The molecule has 0 radical (unpaired) electrons. The number of hydrogen-bond acceptors (Lipinski definition) is 10. The molecule has 0 aromatic heterocycles. The second-order valence-corrected chi connectivity index (χ2v) is 18.8. The number of hydrogen-bond donors (Lipinski definition) is 1. The number of halogens is 1. The lowest BCUT2D eigenvalue weighted by Gasteiger charge is -2.52. The first-order chi connectivity index (χ1) is 26.4. The van der Waals surface area contributed by atoms with Crippen molar-refractivity contribution < 1.29 is 32.2 Å². The van der Waals surface area contributed by atoms with Gasteiger partial charge in [0.2, 0.25) is 10.0 Å². The van der Waals surface area contributed by atoms with Gasteiger partial charge in [-0.15, -0.1) is 0 Å². The molecule has 6 atom stereocenters. The third-order valence-corrected chi connectivity index (χ3v) is 15.2. The number of sulfonamides is 1. The summed E-state index contributed by atoms with van der Waals surface area (Å²) in [4.78, 5) is 33.0. The van der Waals surface area contributed by atoms with E-state index in [9.17, 15) is 18.0 Å². The number of benzene rings is 2.